The normalized spacial score (nSPS) is 20.9. The number of aromatic amines is 1. The summed E-state index contributed by atoms with van der Waals surface area (Å²) in [5.74, 6) is 0.0863. The fraction of sp³-hybridized carbons (Fsp3) is 0.619. The highest BCUT2D eigenvalue weighted by molar-refractivity contribution is 5.84. The fourth-order valence-electron chi connectivity index (χ4n) is 4.76. The predicted octanol–water partition coefficient (Wildman–Crippen LogP) is 2.22. The third-order valence-electron chi connectivity index (χ3n) is 6.30. The van der Waals surface area contributed by atoms with Gasteiger partial charge in [0.2, 0.25) is 5.91 Å². The van der Waals surface area contributed by atoms with E-state index < -0.39 is 6.04 Å². The molecule has 2 fully saturated rings. The molecule has 146 valence electrons. The van der Waals surface area contributed by atoms with Crippen molar-refractivity contribution in [3.05, 3.63) is 29.5 Å². The van der Waals surface area contributed by atoms with Crippen LogP contribution in [0.1, 0.15) is 43.2 Å². The SMILES string of the molecule is Cc1cc(CC(N)C(=O)N2CCN(C3CCCCC3)CC2)cc2cn[nH]c12. The molecule has 1 aromatic heterocycles. The average molecular weight is 370 g/mol. The van der Waals surface area contributed by atoms with Gasteiger partial charge in [0.05, 0.1) is 17.8 Å². The van der Waals surface area contributed by atoms with Gasteiger partial charge in [0.1, 0.15) is 0 Å². The molecule has 1 aliphatic carbocycles. The number of nitrogens with zero attached hydrogens (tertiary/aromatic N) is 3. The highest BCUT2D eigenvalue weighted by Crippen LogP contribution is 2.24. The van der Waals surface area contributed by atoms with Gasteiger partial charge in [-0.2, -0.15) is 5.10 Å². The van der Waals surface area contributed by atoms with Crippen molar-refractivity contribution in [2.24, 2.45) is 5.73 Å². The highest BCUT2D eigenvalue weighted by atomic mass is 16.2. The Labute approximate surface area is 161 Å². The number of fused-ring (bicyclic) bond motifs is 1. The van der Waals surface area contributed by atoms with Crippen molar-refractivity contribution in [2.75, 3.05) is 26.2 Å². The van der Waals surface area contributed by atoms with E-state index >= 15 is 0 Å². The van der Waals surface area contributed by atoms with Gasteiger partial charge < -0.3 is 10.6 Å². The Kier molecular flexibility index (Phi) is 5.45. The van der Waals surface area contributed by atoms with Gasteiger partial charge in [-0.15, -0.1) is 0 Å². The summed E-state index contributed by atoms with van der Waals surface area (Å²) in [5, 5.41) is 8.19. The van der Waals surface area contributed by atoms with Crippen molar-refractivity contribution in [1.29, 1.82) is 0 Å². The molecule has 4 rings (SSSR count). The van der Waals surface area contributed by atoms with E-state index in [2.05, 4.69) is 34.2 Å². The first kappa shape index (κ1) is 18.4. The molecule has 2 heterocycles. The summed E-state index contributed by atoms with van der Waals surface area (Å²) in [6.45, 7) is 5.65. The minimum absolute atomic E-state index is 0.0863. The number of aryl methyl sites for hydroxylation is 1. The molecular formula is C21H31N5O. The largest absolute Gasteiger partial charge is 0.339 e. The molecule has 2 aromatic rings. The van der Waals surface area contributed by atoms with Crippen LogP contribution in [0.5, 0.6) is 0 Å². The Morgan fingerprint density at radius 2 is 1.96 bits per heavy atom. The molecule has 3 N–H and O–H groups in total. The van der Waals surface area contributed by atoms with Crippen LogP contribution >= 0.6 is 0 Å². The summed E-state index contributed by atoms with van der Waals surface area (Å²) in [6, 6.07) is 4.44. The predicted molar refractivity (Wildman–Crippen MR) is 108 cm³/mol. The van der Waals surface area contributed by atoms with Crippen molar-refractivity contribution in [3.8, 4) is 0 Å². The maximum atomic E-state index is 12.8. The Hall–Kier alpha value is -1.92. The van der Waals surface area contributed by atoms with E-state index in [0.717, 1.165) is 54.3 Å². The number of nitrogens with two attached hydrogens (primary N) is 1. The molecular weight excluding hydrogens is 338 g/mol. The molecule has 1 saturated carbocycles. The van der Waals surface area contributed by atoms with Crippen molar-refractivity contribution < 1.29 is 4.79 Å². The first-order valence-corrected chi connectivity index (χ1v) is 10.3. The summed E-state index contributed by atoms with van der Waals surface area (Å²) >= 11 is 0. The molecule has 2 aliphatic rings. The summed E-state index contributed by atoms with van der Waals surface area (Å²) in [6.07, 6.45) is 9.14. The number of carbonyl (C=O) groups excluding carboxylic acids is 1. The van der Waals surface area contributed by atoms with Gasteiger partial charge in [-0.05, 0) is 43.4 Å². The molecule has 27 heavy (non-hydrogen) atoms. The minimum Gasteiger partial charge on any atom is -0.339 e. The lowest BCUT2D eigenvalue weighted by Crippen LogP contribution is -2.55. The van der Waals surface area contributed by atoms with E-state index in [1.165, 1.54) is 32.1 Å². The van der Waals surface area contributed by atoms with Gasteiger partial charge in [0, 0.05) is 37.6 Å². The Balaban J connectivity index is 1.33. The number of benzene rings is 1. The van der Waals surface area contributed by atoms with Crippen LogP contribution in [0.3, 0.4) is 0 Å². The lowest BCUT2D eigenvalue weighted by Gasteiger charge is -2.41. The Bertz CT molecular complexity index is 787. The van der Waals surface area contributed by atoms with E-state index in [1.807, 2.05) is 11.1 Å². The quantitative estimate of drug-likeness (QED) is 0.866. The lowest BCUT2D eigenvalue weighted by atomic mass is 9.93. The molecule has 1 saturated heterocycles. The molecule has 0 spiro atoms. The van der Waals surface area contributed by atoms with E-state index in [0.29, 0.717) is 6.42 Å². The molecule has 6 nitrogen and oxygen atoms in total. The first-order chi connectivity index (χ1) is 13.1. The van der Waals surface area contributed by atoms with Gasteiger partial charge in [-0.25, -0.2) is 0 Å². The van der Waals surface area contributed by atoms with Crippen LogP contribution < -0.4 is 5.73 Å². The monoisotopic (exact) mass is 369 g/mol. The fourth-order valence-corrected chi connectivity index (χ4v) is 4.76. The van der Waals surface area contributed by atoms with E-state index in [-0.39, 0.29) is 5.91 Å². The second-order valence-electron chi connectivity index (χ2n) is 8.21. The van der Waals surface area contributed by atoms with Crippen LogP contribution in [0.4, 0.5) is 0 Å². The van der Waals surface area contributed by atoms with Crippen molar-refractivity contribution >= 4 is 16.8 Å². The lowest BCUT2D eigenvalue weighted by molar-refractivity contribution is -0.134. The summed E-state index contributed by atoms with van der Waals surface area (Å²) in [7, 11) is 0. The summed E-state index contributed by atoms with van der Waals surface area (Å²) in [4.78, 5) is 17.4. The zero-order chi connectivity index (χ0) is 18.8. The topological polar surface area (TPSA) is 78.2 Å². The van der Waals surface area contributed by atoms with Crippen LogP contribution in [0.15, 0.2) is 18.3 Å². The van der Waals surface area contributed by atoms with Crippen molar-refractivity contribution in [2.45, 2.75) is 57.5 Å². The van der Waals surface area contributed by atoms with Gasteiger partial charge in [0.15, 0.2) is 0 Å². The standard InChI is InChI=1S/C21H31N5O/c1-15-11-16(12-17-14-23-24-20(15)17)13-19(22)21(27)26-9-7-25(8-10-26)18-5-3-2-4-6-18/h11-12,14,18-19H,2-10,13,22H2,1H3,(H,23,24). The molecule has 1 aromatic carbocycles. The third kappa shape index (κ3) is 4.01. The molecule has 0 bridgehead atoms. The summed E-state index contributed by atoms with van der Waals surface area (Å²) < 4.78 is 0. The number of H-pyrrole nitrogens is 1. The van der Waals surface area contributed by atoms with Gasteiger partial charge in [0.25, 0.3) is 0 Å². The first-order valence-electron chi connectivity index (χ1n) is 10.3. The maximum absolute atomic E-state index is 12.8. The molecule has 1 atom stereocenters. The van der Waals surface area contributed by atoms with Crippen molar-refractivity contribution in [1.82, 2.24) is 20.0 Å². The Morgan fingerprint density at radius 1 is 1.22 bits per heavy atom. The second-order valence-corrected chi connectivity index (χ2v) is 8.21. The van der Waals surface area contributed by atoms with E-state index in [1.54, 1.807) is 0 Å². The maximum Gasteiger partial charge on any atom is 0.239 e. The second kappa shape index (κ2) is 7.98. The number of hydrogen-bond acceptors (Lipinski definition) is 4. The van der Waals surface area contributed by atoms with Crippen LogP contribution in [-0.2, 0) is 11.2 Å². The number of piperazine rings is 1. The van der Waals surface area contributed by atoms with Crippen LogP contribution in [0.2, 0.25) is 0 Å². The Morgan fingerprint density at radius 3 is 2.70 bits per heavy atom. The van der Waals surface area contributed by atoms with Crippen LogP contribution in [-0.4, -0.2) is 64.2 Å². The number of hydrogen-bond donors (Lipinski definition) is 2. The number of rotatable bonds is 4. The number of carbonyl (C=O) groups is 1. The van der Waals surface area contributed by atoms with Gasteiger partial charge in [-0.1, -0.05) is 25.3 Å². The number of aromatic nitrogens is 2. The molecule has 1 aliphatic heterocycles. The zero-order valence-electron chi connectivity index (χ0n) is 16.3. The van der Waals surface area contributed by atoms with Gasteiger partial charge in [-0.3, -0.25) is 14.8 Å². The zero-order valence-corrected chi connectivity index (χ0v) is 16.3. The van der Waals surface area contributed by atoms with Gasteiger partial charge >= 0.3 is 0 Å². The van der Waals surface area contributed by atoms with Crippen LogP contribution in [0.25, 0.3) is 10.9 Å². The smallest absolute Gasteiger partial charge is 0.239 e. The molecule has 1 amide bonds. The van der Waals surface area contributed by atoms with Crippen molar-refractivity contribution in [3.63, 3.8) is 0 Å². The molecule has 0 radical (unpaired) electrons. The number of nitrogens with one attached hydrogen (secondary N) is 1. The summed E-state index contributed by atoms with van der Waals surface area (Å²) in [5.41, 5.74) is 9.59. The minimum atomic E-state index is -0.477. The third-order valence-corrected chi connectivity index (χ3v) is 6.30. The molecule has 1 unspecified atom stereocenters. The van der Waals surface area contributed by atoms with E-state index in [4.69, 9.17) is 5.73 Å². The van der Waals surface area contributed by atoms with Crippen LogP contribution in [0, 0.1) is 6.92 Å². The van der Waals surface area contributed by atoms with E-state index in [9.17, 15) is 4.79 Å². The molecule has 6 heteroatoms. The average Bonchev–Trinajstić information content (AvgIpc) is 3.17. The highest BCUT2D eigenvalue weighted by Gasteiger charge is 2.29. The number of amides is 1.